The normalized spacial score (nSPS) is 11.5. The molecule has 3 rings (SSSR count). The third-order valence-electron chi connectivity index (χ3n) is 3.94. The maximum absolute atomic E-state index is 10.5. The minimum absolute atomic E-state index is 0.0754. The Bertz CT molecular complexity index is 960. The van der Waals surface area contributed by atoms with Crippen molar-refractivity contribution in [1.29, 1.82) is 0 Å². The van der Waals surface area contributed by atoms with Crippen molar-refractivity contribution in [3.8, 4) is 22.9 Å². The molecule has 0 aliphatic heterocycles. The lowest BCUT2D eigenvalue weighted by atomic mass is 10.1. The highest BCUT2D eigenvalue weighted by Crippen LogP contribution is 2.38. The van der Waals surface area contributed by atoms with Crippen LogP contribution in [0.1, 0.15) is 13.8 Å². The predicted molar refractivity (Wildman–Crippen MR) is 112 cm³/mol. The highest BCUT2D eigenvalue weighted by Gasteiger charge is 2.16. The van der Waals surface area contributed by atoms with Crippen molar-refractivity contribution in [2.24, 2.45) is 0 Å². The van der Waals surface area contributed by atoms with E-state index in [4.69, 9.17) is 25.8 Å². The van der Waals surface area contributed by atoms with E-state index in [2.05, 4.69) is 15.3 Å². The average molecular weight is 424 g/mol. The number of benzene rings is 1. The van der Waals surface area contributed by atoms with E-state index < -0.39 is 6.29 Å². The van der Waals surface area contributed by atoms with Crippen LogP contribution in [0.25, 0.3) is 22.3 Å². The highest BCUT2D eigenvalue weighted by atomic mass is 35.5. The molecule has 0 saturated heterocycles. The molecule has 3 aromatic rings. The smallest absolute Gasteiger partial charge is 0.191 e. The Labute approximate surface area is 172 Å². The van der Waals surface area contributed by atoms with Crippen molar-refractivity contribution in [1.82, 2.24) is 9.97 Å². The number of fused-ring (bicyclic) bond motifs is 1. The molecule has 9 heteroatoms. The van der Waals surface area contributed by atoms with Crippen LogP contribution in [0, 0.1) is 0 Å². The van der Waals surface area contributed by atoms with Gasteiger partial charge in [-0.05, 0) is 26.0 Å². The molecule has 0 amide bonds. The zero-order valence-corrected chi connectivity index (χ0v) is 17.6. The topological polar surface area (TPSA) is 85.7 Å². The lowest BCUT2D eigenvalue weighted by Gasteiger charge is -2.16. The fourth-order valence-corrected chi connectivity index (χ4v) is 3.67. The molecule has 2 aromatic heterocycles. The van der Waals surface area contributed by atoms with Gasteiger partial charge in [-0.3, -0.25) is 0 Å². The molecule has 7 nitrogen and oxygen atoms in total. The van der Waals surface area contributed by atoms with Gasteiger partial charge in [-0.25, -0.2) is 9.97 Å². The average Bonchev–Trinajstić information content (AvgIpc) is 3.12. The first kappa shape index (κ1) is 20.6. The van der Waals surface area contributed by atoms with Crippen molar-refractivity contribution in [2.75, 3.05) is 26.1 Å². The Morgan fingerprint density at radius 2 is 1.93 bits per heavy atom. The second-order valence-corrected chi connectivity index (χ2v) is 7.59. The van der Waals surface area contributed by atoms with Crippen LogP contribution < -0.4 is 10.1 Å². The van der Waals surface area contributed by atoms with Gasteiger partial charge in [0.2, 0.25) is 0 Å². The molecule has 0 fully saturated rings. The largest absolute Gasteiger partial charge is 0.507 e. The number of methoxy groups -OCH3 is 2. The van der Waals surface area contributed by atoms with Gasteiger partial charge in [-0.2, -0.15) is 0 Å². The molecular formula is C19H22ClN3O4S. The number of rotatable bonds is 8. The van der Waals surface area contributed by atoms with Crippen LogP contribution in [0.5, 0.6) is 11.5 Å². The Hall–Kier alpha value is -2.13. The molecule has 1 aromatic carbocycles. The van der Waals surface area contributed by atoms with Gasteiger partial charge in [0.05, 0.1) is 11.2 Å². The van der Waals surface area contributed by atoms with E-state index in [1.165, 1.54) is 25.6 Å². The van der Waals surface area contributed by atoms with Crippen LogP contribution in [0.2, 0.25) is 5.02 Å². The maximum Gasteiger partial charge on any atom is 0.191 e. The van der Waals surface area contributed by atoms with E-state index in [9.17, 15) is 5.11 Å². The van der Waals surface area contributed by atoms with E-state index >= 15 is 0 Å². The lowest BCUT2D eigenvalue weighted by Crippen LogP contribution is -2.22. The zero-order chi connectivity index (χ0) is 20.3. The highest BCUT2D eigenvalue weighted by molar-refractivity contribution is 7.14. The Balaban J connectivity index is 1.96. The zero-order valence-electron chi connectivity index (χ0n) is 16.0. The van der Waals surface area contributed by atoms with E-state index in [0.29, 0.717) is 33.1 Å². The molecule has 0 radical (unpaired) electrons. The Kier molecular flexibility index (Phi) is 6.56. The van der Waals surface area contributed by atoms with Gasteiger partial charge in [-0.1, -0.05) is 11.6 Å². The number of hydrogen-bond donors (Lipinski definition) is 2. The van der Waals surface area contributed by atoms with E-state index in [0.717, 1.165) is 5.13 Å². The number of pyridine rings is 1. The van der Waals surface area contributed by atoms with Crippen molar-refractivity contribution in [3.05, 3.63) is 28.6 Å². The van der Waals surface area contributed by atoms with E-state index in [-0.39, 0.29) is 18.4 Å². The van der Waals surface area contributed by atoms with Gasteiger partial charge in [0.1, 0.15) is 28.8 Å². The number of thiazole rings is 1. The van der Waals surface area contributed by atoms with Crippen molar-refractivity contribution in [2.45, 2.75) is 26.2 Å². The van der Waals surface area contributed by atoms with Crippen LogP contribution in [0.4, 0.5) is 5.13 Å². The van der Waals surface area contributed by atoms with Gasteiger partial charge < -0.3 is 24.6 Å². The van der Waals surface area contributed by atoms with Crippen LogP contribution in [-0.2, 0) is 9.47 Å². The number of ether oxygens (including phenoxy) is 3. The summed E-state index contributed by atoms with van der Waals surface area (Å²) >= 11 is 7.98. The molecule has 0 bridgehead atoms. The van der Waals surface area contributed by atoms with Gasteiger partial charge in [-0.15, -0.1) is 11.3 Å². The second kappa shape index (κ2) is 8.91. The maximum atomic E-state index is 10.5. The first-order valence-corrected chi connectivity index (χ1v) is 9.91. The molecule has 28 heavy (non-hydrogen) atoms. The summed E-state index contributed by atoms with van der Waals surface area (Å²) in [5.74, 6) is 0.504. The van der Waals surface area contributed by atoms with Crippen molar-refractivity contribution in [3.63, 3.8) is 0 Å². The summed E-state index contributed by atoms with van der Waals surface area (Å²) in [6, 6.07) is 5.25. The van der Waals surface area contributed by atoms with Crippen LogP contribution in [0.3, 0.4) is 0 Å². The fourth-order valence-electron chi connectivity index (χ4n) is 2.56. The molecular weight excluding hydrogens is 402 g/mol. The van der Waals surface area contributed by atoms with Crippen LogP contribution in [0.15, 0.2) is 23.6 Å². The van der Waals surface area contributed by atoms with Crippen molar-refractivity contribution < 1.29 is 19.3 Å². The Morgan fingerprint density at radius 1 is 1.18 bits per heavy atom. The number of halogens is 1. The first-order valence-electron chi connectivity index (χ1n) is 8.66. The summed E-state index contributed by atoms with van der Waals surface area (Å²) in [6.45, 7) is 4.25. The monoisotopic (exact) mass is 423 g/mol. The first-order chi connectivity index (χ1) is 13.4. The summed E-state index contributed by atoms with van der Waals surface area (Å²) in [5.41, 5.74) is 1.63. The number of nitrogens with zero attached hydrogens (tertiary/aromatic N) is 2. The molecule has 150 valence electrons. The summed E-state index contributed by atoms with van der Waals surface area (Å²) < 4.78 is 15.9. The fraction of sp³-hybridized carbons (Fsp3) is 0.368. The number of aromatic hydroxyl groups is 1. The molecule has 0 aliphatic carbocycles. The molecule has 0 saturated carbocycles. The lowest BCUT2D eigenvalue weighted by molar-refractivity contribution is -0.121. The molecule has 0 unspecified atom stereocenters. The molecule has 0 spiro atoms. The standard InChI is InChI=1S/C19H22ClN3O4S/c1-10(2)21-19-23-13(9-28-19)12-7-14(24)11-5-6-15(17(20)18(11)22-12)27-8-16(25-3)26-4/h5-7,9-10,16H,8H2,1-4H3,(H,21,23)(H,22,24). The summed E-state index contributed by atoms with van der Waals surface area (Å²) in [4.78, 5) is 9.14. The van der Waals surface area contributed by atoms with E-state index in [1.54, 1.807) is 18.2 Å². The second-order valence-electron chi connectivity index (χ2n) is 6.35. The van der Waals surface area contributed by atoms with Crippen LogP contribution >= 0.6 is 22.9 Å². The number of aromatic nitrogens is 2. The predicted octanol–water partition coefficient (Wildman–Crippen LogP) is 4.54. The van der Waals surface area contributed by atoms with E-state index in [1.807, 2.05) is 19.2 Å². The number of hydrogen-bond acceptors (Lipinski definition) is 8. The van der Waals surface area contributed by atoms with Gasteiger partial charge >= 0.3 is 0 Å². The van der Waals surface area contributed by atoms with Crippen molar-refractivity contribution >= 4 is 39.0 Å². The summed E-state index contributed by atoms with van der Waals surface area (Å²) in [7, 11) is 3.06. The van der Waals surface area contributed by atoms with Gasteiger partial charge in [0.25, 0.3) is 0 Å². The van der Waals surface area contributed by atoms with Gasteiger partial charge in [0, 0.05) is 37.1 Å². The molecule has 0 atom stereocenters. The molecule has 2 N–H and O–H groups in total. The minimum Gasteiger partial charge on any atom is -0.507 e. The SMILES string of the molecule is COC(COc1ccc2c(O)cc(-c3csc(NC(C)C)n3)nc2c1Cl)OC. The summed E-state index contributed by atoms with van der Waals surface area (Å²) in [6.07, 6.45) is -0.513. The molecule has 2 heterocycles. The minimum atomic E-state index is -0.513. The quantitative estimate of drug-likeness (QED) is 0.514. The van der Waals surface area contributed by atoms with Gasteiger partial charge in [0.15, 0.2) is 11.4 Å². The number of anilines is 1. The molecule has 0 aliphatic rings. The number of nitrogens with one attached hydrogen (secondary N) is 1. The summed E-state index contributed by atoms with van der Waals surface area (Å²) in [5, 5.41) is 17.2. The van der Waals surface area contributed by atoms with Crippen LogP contribution in [-0.4, -0.2) is 48.2 Å². The Morgan fingerprint density at radius 3 is 2.61 bits per heavy atom. The third-order valence-corrected chi connectivity index (χ3v) is 5.08. The third kappa shape index (κ3) is 4.47.